The highest BCUT2D eigenvalue weighted by atomic mass is 19.4. The number of hydrogen-bond donors (Lipinski definition) is 0. The molecule has 1 fully saturated rings. The standard InChI is InChI=1S/C40H34F3NO3/c1-38(2)34-23-27(40(41,42)43)11-15-31(34)35-30-16-14-29(45-3)24-33(30)37-32(36(35)38)17-18-39(47-37,25-7-5-4-6-8-25)26-9-12-28(13-10-26)44-19-21-46-22-20-44/h4-18,23-24H,19-22H2,1-3H3. The minimum absolute atomic E-state index is 0.646. The van der Waals surface area contributed by atoms with Gasteiger partial charge in [-0.15, -0.1) is 0 Å². The first kappa shape index (κ1) is 29.6. The maximum Gasteiger partial charge on any atom is 0.416 e. The SMILES string of the molecule is COc1ccc2c3c(c4c(c2c1)OC(c1ccccc1)(c1ccc(N2CCOCC2)cc1)C=C4)C(C)(C)c1cc(C(F)(F)F)ccc1-3. The Morgan fingerprint density at radius 2 is 1.53 bits per heavy atom. The van der Waals surface area contributed by atoms with E-state index in [1.54, 1.807) is 13.2 Å². The Morgan fingerprint density at radius 3 is 2.23 bits per heavy atom. The van der Waals surface area contributed by atoms with Crippen LogP contribution in [0.3, 0.4) is 0 Å². The van der Waals surface area contributed by atoms with Crippen LogP contribution in [0, 0.1) is 0 Å². The molecule has 1 unspecified atom stereocenters. The van der Waals surface area contributed by atoms with E-state index in [0.717, 1.165) is 62.9 Å². The number of hydrogen-bond acceptors (Lipinski definition) is 4. The molecule has 0 bridgehead atoms. The number of benzene rings is 5. The van der Waals surface area contributed by atoms with Gasteiger partial charge in [-0.3, -0.25) is 0 Å². The van der Waals surface area contributed by atoms with Gasteiger partial charge in [0.05, 0.1) is 25.9 Å². The number of alkyl halides is 3. The second-order valence-electron chi connectivity index (χ2n) is 13.0. The number of nitrogens with zero attached hydrogens (tertiary/aromatic N) is 1. The number of ether oxygens (including phenoxy) is 3. The van der Waals surface area contributed by atoms with Crippen molar-refractivity contribution in [2.45, 2.75) is 31.0 Å². The molecular formula is C40H34F3NO3. The van der Waals surface area contributed by atoms with Gasteiger partial charge in [0.25, 0.3) is 0 Å². The summed E-state index contributed by atoms with van der Waals surface area (Å²) in [6.45, 7) is 7.10. The van der Waals surface area contributed by atoms with Crippen molar-refractivity contribution in [2.75, 3.05) is 38.3 Å². The number of fused-ring (bicyclic) bond motifs is 8. The van der Waals surface area contributed by atoms with Crippen LogP contribution in [0.15, 0.2) is 97.1 Å². The van der Waals surface area contributed by atoms with Gasteiger partial charge < -0.3 is 19.1 Å². The molecular weight excluding hydrogens is 599 g/mol. The average molecular weight is 634 g/mol. The van der Waals surface area contributed by atoms with Gasteiger partial charge in [-0.1, -0.05) is 68.5 Å². The third kappa shape index (κ3) is 4.54. The lowest BCUT2D eigenvalue weighted by molar-refractivity contribution is -0.137. The van der Waals surface area contributed by atoms with Gasteiger partial charge >= 0.3 is 6.18 Å². The van der Waals surface area contributed by atoms with E-state index >= 15 is 0 Å². The highest BCUT2D eigenvalue weighted by Gasteiger charge is 2.45. The van der Waals surface area contributed by atoms with Crippen LogP contribution in [0.5, 0.6) is 11.5 Å². The van der Waals surface area contributed by atoms with Gasteiger partial charge in [0.15, 0.2) is 5.60 Å². The summed E-state index contributed by atoms with van der Waals surface area (Å²) in [5.74, 6) is 1.35. The highest BCUT2D eigenvalue weighted by Crippen LogP contribution is 2.59. The van der Waals surface area contributed by atoms with Gasteiger partial charge in [0.1, 0.15) is 11.5 Å². The third-order valence-corrected chi connectivity index (χ3v) is 10.0. The maximum atomic E-state index is 13.9. The van der Waals surface area contributed by atoms with E-state index in [0.29, 0.717) is 30.3 Å². The minimum atomic E-state index is -4.44. The predicted octanol–water partition coefficient (Wildman–Crippen LogP) is 9.36. The summed E-state index contributed by atoms with van der Waals surface area (Å²) in [5, 5.41) is 1.75. The van der Waals surface area contributed by atoms with Gasteiger partial charge in [-0.2, -0.15) is 13.2 Å². The van der Waals surface area contributed by atoms with Crippen LogP contribution >= 0.6 is 0 Å². The molecule has 4 nitrogen and oxygen atoms in total. The normalized spacial score (nSPS) is 19.6. The molecule has 0 spiro atoms. The quantitative estimate of drug-likeness (QED) is 0.197. The molecule has 8 rings (SSSR count). The zero-order valence-electron chi connectivity index (χ0n) is 26.4. The van der Waals surface area contributed by atoms with E-state index in [-0.39, 0.29) is 0 Å². The summed E-state index contributed by atoms with van der Waals surface area (Å²) in [7, 11) is 1.63. The molecule has 0 amide bonds. The molecule has 0 radical (unpaired) electrons. The second-order valence-corrected chi connectivity index (χ2v) is 13.0. The lowest BCUT2D eigenvalue weighted by Crippen LogP contribution is -2.37. The zero-order chi connectivity index (χ0) is 32.6. The summed E-state index contributed by atoms with van der Waals surface area (Å²) >= 11 is 0. The molecule has 238 valence electrons. The molecule has 0 N–H and O–H groups in total. The molecule has 47 heavy (non-hydrogen) atoms. The number of halogens is 3. The molecule has 7 heteroatoms. The summed E-state index contributed by atoms with van der Waals surface area (Å²) in [4.78, 5) is 2.32. The van der Waals surface area contributed by atoms with Gasteiger partial charge in [-0.25, -0.2) is 0 Å². The molecule has 0 aromatic heterocycles. The van der Waals surface area contributed by atoms with Crippen LogP contribution in [0.2, 0.25) is 0 Å². The van der Waals surface area contributed by atoms with Crippen molar-refractivity contribution in [1.29, 1.82) is 0 Å². The molecule has 0 saturated carbocycles. The largest absolute Gasteiger partial charge is 0.497 e. The third-order valence-electron chi connectivity index (χ3n) is 10.0. The van der Waals surface area contributed by atoms with Crippen LogP contribution in [-0.4, -0.2) is 33.4 Å². The van der Waals surface area contributed by atoms with Crippen molar-refractivity contribution in [3.63, 3.8) is 0 Å². The van der Waals surface area contributed by atoms with Crippen molar-refractivity contribution >= 4 is 22.5 Å². The summed E-state index contributed by atoms with van der Waals surface area (Å²) in [6.07, 6.45) is -0.233. The van der Waals surface area contributed by atoms with E-state index in [2.05, 4.69) is 53.5 Å². The fourth-order valence-corrected chi connectivity index (χ4v) is 7.67. The minimum Gasteiger partial charge on any atom is -0.497 e. The van der Waals surface area contributed by atoms with E-state index < -0.39 is 22.8 Å². The van der Waals surface area contributed by atoms with E-state index in [4.69, 9.17) is 14.2 Å². The summed E-state index contributed by atoms with van der Waals surface area (Å²) in [5.41, 5.74) is 4.97. The number of rotatable bonds is 4. The smallest absolute Gasteiger partial charge is 0.416 e. The van der Waals surface area contributed by atoms with E-state index in [9.17, 15) is 13.2 Å². The second kappa shape index (κ2) is 10.6. The Bertz CT molecular complexity index is 2040. The van der Waals surface area contributed by atoms with Crippen LogP contribution in [0.4, 0.5) is 18.9 Å². The zero-order valence-corrected chi connectivity index (χ0v) is 26.4. The Hall–Kier alpha value is -4.75. The van der Waals surface area contributed by atoms with Crippen LogP contribution in [-0.2, 0) is 21.9 Å². The Labute approximate surface area is 272 Å². The Kier molecular flexibility index (Phi) is 6.71. The van der Waals surface area contributed by atoms with E-state index in [1.807, 2.05) is 50.2 Å². The average Bonchev–Trinajstić information content (AvgIpc) is 3.34. The number of morpholine rings is 1. The summed E-state index contributed by atoms with van der Waals surface area (Å²) < 4.78 is 60.4. The van der Waals surface area contributed by atoms with Crippen LogP contribution < -0.4 is 14.4 Å². The van der Waals surface area contributed by atoms with Crippen molar-refractivity contribution in [3.8, 4) is 22.6 Å². The Balaban J connectivity index is 1.36. The first-order valence-electron chi connectivity index (χ1n) is 15.9. The van der Waals surface area contributed by atoms with Crippen molar-refractivity contribution in [1.82, 2.24) is 0 Å². The molecule has 2 aliphatic heterocycles. The van der Waals surface area contributed by atoms with E-state index in [1.165, 1.54) is 12.1 Å². The number of anilines is 1. The van der Waals surface area contributed by atoms with Gasteiger partial charge in [0, 0.05) is 46.3 Å². The maximum absolute atomic E-state index is 13.9. The lowest BCUT2D eigenvalue weighted by atomic mass is 9.76. The molecule has 1 atom stereocenters. The molecule has 1 aliphatic carbocycles. The molecule has 5 aromatic carbocycles. The Morgan fingerprint density at radius 1 is 0.809 bits per heavy atom. The first-order chi connectivity index (χ1) is 22.6. The van der Waals surface area contributed by atoms with Crippen LogP contribution in [0.1, 0.15) is 47.2 Å². The fraction of sp³-hybridized carbons (Fsp3) is 0.250. The monoisotopic (exact) mass is 633 g/mol. The van der Waals surface area contributed by atoms with Crippen molar-refractivity contribution in [2.24, 2.45) is 0 Å². The molecule has 2 heterocycles. The topological polar surface area (TPSA) is 30.9 Å². The predicted molar refractivity (Wildman–Crippen MR) is 179 cm³/mol. The van der Waals surface area contributed by atoms with Crippen LogP contribution in [0.25, 0.3) is 28.0 Å². The molecule has 1 saturated heterocycles. The van der Waals surface area contributed by atoms with Crippen molar-refractivity contribution in [3.05, 3.63) is 130 Å². The number of methoxy groups -OCH3 is 1. The van der Waals surface area contributed by atoms with Crippen molar-refractivity contribution < 1.29 is 27.4 Å². The van der Waals surface area contributed by atoms with Gasteiger partial charge in [0.2, 0.25) is 0 Å². The fourth-order valence-electron chi connectivity index (χ4n) is 7.67. The highest BCUT2D eigenvalue weighted by molar-refractivity contribution is 6.09. The molecule has 5 aromatic rings. The molecule has 3 aliphatic rings. The first-order valence-corrected chi connectivity index (χ1v) is 15.9. The van der Waals surface area contributed by atoms with Gasteiger partial charge in [-0.05, 0) is 76.2 Å². The summed E-state index contributed by atoms with van der Waals surface area (Å²) in [6, 6.07) is 28.7. The lowest BCUT2D eigenvalue weighted by Gasteiger charge is -2.38.